The second-order valence-electron chi connectivity index (χ2n) is 6.57. The minimum absolute atomic E-state index is 0.173. The maximum Gasteiger partial charge on any atom is 0.201 e. The van der Waals surface area contributed by atoms with E-state index in [0.29, 0.717) is 12.2 Å². The van der Waals surface area contributed by atoms with Crippen molar-refractivity contribution in [1.29, 1.82) is 0 Å². The number of ether oxygens (including phenoxy) is 1. The fourth-order valence-corrected chi connectivity index (χ4v) is 3.20. The Morgan fingerprint density at radius 2 is 1.46 bits per heavy atom. The van der Waals surface area contributed by atoms with Crippen LogP contribution in [0.1, 0.15) is 11.1 Å². The highest BCUT2D eigenvalue weighted by Gasteiger charge is 2.28. The minimum Gasteiger partial charge on any atom is -0.383 e. The van der Waals surface area contributed by atoms with Crippen LogP contribution >= 0.6 is 0 Å². The third-order valence-electron chi connectivity index (χ3n) is 4.64. The van der Waals surface area contributed by atoms with Crippen LogP contribution in [0.5, 0.6) is 0 Å². The zero-order chi connectivity index (χ0) is 19.3. The summed E-state index contributed by atoms with van der Waals surface area (Å²) < 4.78 is 5.81. The molecular formula is C24H20N2O2. The van der Waals surface area contributed by atoms with Crippen molar-refractivity contribution in [1.82, 2.24) is 0 Å². The summed E-state index contributed by atoms with van der Waals surface area (Å²) in [6, 6.07) is 27.5. The third-order valence-corrected chi connectivity index (χ3v) is 4.64. The summed E-state index contributed by atoms with van der Waals surface area (Å²) in [5, 5.41) is 0. The summed E-state index contributed by atoms with van der Waals surface area (Å²) in [7, 11) is 0. The van der Waals surface area contributed by atoms with Crippen LogP contribution in [0.25, 0.3) is 16.7 Å². The highest BCUT2D eigenvalue weighted by molar-refractivity contribution is 6.29. The van der Waals surface area contributed by atoms with Gasteiger partial charge >= 0.3 is 0 Å². The molecule has 1 heterocycles. The van der Waals surface area contributed by atoms with Crippen LogP contribution < -0.4 is 5.73 Å². The first-order valence-corrected chi connectivity index (χ1v) is 9.12. The van der Waals surface area contributed by atoms with E-state index in [1.165, 1.54) is 6.21 Å². The monoisotopic (exact) mass is 368 g/mol. The number of hydrogen-bond donors (Lipinski definition) is 1. The fraction of sp³-hybridized carbons (Fsp3) is 0.0833. The summed E-state index contributed by atoms with van der Waals surface area (Å²) in [6.07, 6.45) is 0.730. The van der Waals surface area contributed by atoms with Crippen molar-refractivity contribution in [2.24, 2.45) is 10.7 Å². The second kappa shape index (κ2) is 8.03. The maximum absolute atomic E-state index is 13.1. The van der Waals surface area contributed by atoms with Gasteiger partial charge in [0.2, 0.25) is 5.78 Å². The first-order chi connectivity index (χ1) is 13.7. The van der Waals surface area contributed by atoms with Crippen LogP contribution in [0, 0.1) is 0 Å². The van der Waals surface area contributed by atoms with Gasteiger partial charge in [0, 0.05) is 6.21 Å². The average molecular weight is 368 g/mol. The molecule has 4 heteroatoms. The lowest BCUT2D eigenvalue weighted by molar-refractivity contribution is -0.121. The van der Waals surface area contributed by atoms with Gasteiger partial charge in [-0.3, -0.25) is 4.79 Å². The Bertz CT molecular complexity index is 1040. The van der Waals surface area contributed by atoms with Gasteiger partial charge in [0.1, 0.15) is 5.82 Å². The highest BCUT2D eigenvalue weighted by atomic mass is 16.5. The topological polar surface area (TPSA) is 64.7 Å². The number of nitrogens with two attached hydrogens (primary N) is 1. The highest BCUT2D eigenvalue weighted by Crippen LogP contribution is 2.28. The van der Waals surface area contributed by atoms with Gasteiger partial charge in [0.15, 0.2) is 6.10 Å². The molecule has 2 N–H and O–H groups in total. The zero-order valence-corrected chi connectivity index (χ0v) is 15.3. The average Bonchev–Trinajstić information content (AvgIpc) is 2.75. The summed E-state index contributed by atoms with van der Waals surface area (Å²) in [6.45, 7) is 0.334. The summed E-state index contributed by atoms with van der Waals surface area (Å²) in [5.74, 6) is 0.0448. The molecule has 1 atom stereocenters. The number of benzene rings is 3. The number of hydrogen-bond acceptors (Lipinski definition) is 4. The number of carbonyl (C=O) groups excluding carboxylic acids is 1. The Morgan fingerprint density at radius 1 is 0.821 bits per heavy atom. The maximum atomic E-state index is 13.1. The molecule has 0 bridgehead atoms. The molecule has 0 aromatic heterocycles. The molecule has 0 radical (unpaired) electrons. The van der Waals surface area contributed by atoms with E-state index in [9.17, 15) is 4.79 Å². The predicted octanol–water partition coefficient (Wildman–Crippen LogP) is 4.22. The first-order valence-electron chi connectivity index (χ1n) is 9.12. The molecular weight excluding hydrogens is 348 g/mol. The molecule has 0 saturated heterocycles. The molecule has 1 aliphatic rings. The fourth-order valence-electron chi connectivity index (χ4n) is 3.20. The van der Waals surface area contributed by atoms with Crippen molar-refractivity contribution in [2.45, 2.75) is 12.7 Å². The van der Waals surface area contributed by atoms with Gasteiger partial charge in [-0.05, 0) is 28.3 Å². The normalized spacial score (nSPS) is 16.4. The van der Waals surface area contributed by atoms with Crippen molar-refractivity contribution in [2.75, 3.05) is 0 Å². The van der Waals surface area contributed by atoms with E-state index in [1.54, 1.807) is 0 Å². The van der Waals surface area contributed by atoms with Crippen molar-refractivity contribution >= 4 is 17.6 Å². The summed E-state index contributed by atoms with van der Waals surface area (Å²) >= 11 is 0. The van der Waals surface area contributed by atoms with Gasteiger partial charge in [-0.25, -0.2) is 4.99 Å². The number of ketones is 1. The van der Waals surface area contributed by atoms with Crippen molar-refractivity contribution in [3.05, 3.63) is 102 Å². The molecule has 28 heavy (non-hydrogen) atoms. The van der Waals surface area contributed by atoms with Crippen molar-refractivity contribution in [3.8, 4) is 11.1 Å². The molecule has 1 aliphatic heterocycles. The van der Waals surface area contributed by atoms with E-state index in [-0.39, 0.29) is 11.6 Å². The van der Waals surface area contributed by atoms with E-state index in [4.69, 9.17) is 10.5 Å². The molecule has 4 nitrogen and oxygen atoms in total. The Hall–Kier alpha value is -3.50. The summed E-state index contributed by atoms with van der Waals surface area (Å²) in [4.78, 5) is 17.3. The van der Waals surface area contributed by atoms with Crippen LogP contribution in [-0.2, 0) is 16.1 Å². The van der Waals surface area contributed by atoms with Crippen LogP contribution in [0.15, 0.2) is 95.7 Å². The van der Waals surface area contributed by atoms with Gasteiger partial charge in [-0.15, -0.1) is 0 Å². The number of nitrogens with zero attached hydrogens (tertiary/aromatic N) is 1. The van der Waals surface area contributed by atoms with E-state index < -0.39 is 6.10 Å². The smallest absolute Gasteiger partial charge is 0.201 e. The Balaban J connectivity index is 1.58. The van der Waals surface area contributed by atoms with Gasteiger partial charge in [0.05, 0.1) is 12.2 Å². The number of carbonyl (C=O) groups is 1. The van der Waals surface area contributed by atoms with E-state index >= 15 is 0 Å². The minimum atomic E-state index is -0.747. The van der Waals surface area contributed by atoms with Crippen LogP contribution in [0.3, 0.4) is 0 Å². The molecule has 4 rings (SSSR count). The van der Waals surface area contributed by atoms with Crippen LogP contribution in [0.4, 0.5) is 0 Å². The predicted molar refractivity (Wildman–Crippen MR) is 112 cm³/mol. The third kappa shape index (κ3) is 3.77. The Labute approximate surface area is 164 Å². The largest absolute Gasteiger partial charge is 0.383 e. The molecule has 3 aromatic carbocycles. The quantitative estimate of drug-likeness (QED) is 0.733. The van der Waals surface area contributed by atoms with Gasteiger partial charge in [0.25, 0.3) is 0 Å². The van der Waals surface area contributed by atoms with Crippen molar-refractivity contribution in [3.63, 3.8) is 0 Å². The van der Waals surface area contributed by atoms with E-state index in [0.717, 1.165) is 22.3 Å². The molecule has 3 aromatic rings. The number of Topliss-reactive ketones (excluding diaryl/α,β-unsaturated/α-hetero) is 1. The Morgan fingerprint density at radius 3 is 2.21 bits per heavy atom. The van der Waals surface area contributed by atoms with Crippen molar-refractivity contribution < 1.29 is 9.53 Å². The number of aliphatic imine (C=N–C) groups is 1. The molecule has 1 unspecified atom stereocenters. The number of rotatable bonds is 5. The van der Waals surface area contributed by atoms with E-state index in [2.05, 4.69) is 4.99 Å². The molecule has 0 aliphatic carbocycles. The molecule has 138 valence electrons. The van der Waals surface area contributed by atoms with Gasteiger partial charge < -0.3 is 10.5 Å². The summed E-state index contributed by atoms with van der Waals surface area (Å²) in [5.41, 5.74) is 10.3. The molecule has 0 saturated carbocycles. The van der Waals surface area contributed by atoms with E-state index in [1.807, 2.05) is 84.9 Å². The van der Waals surface area contributed by atoms with Gasteiger partial charge in [-0.1, -0.05) is 78.9 Å². The Kier molecular flexibility index (Phi) is 5.13. The second-order valence-corrected chi connectivity index (χ2v) is 6.57. The SMILES string of the molecule is NC1=C(c2cccc(-c3ccccc3)c2)C(=O)C(OCc2ccccc2)C=N1. The standard InChI is InChI=1S/C24H20N2O2/c25-24-22(20-13-7-12-19(14-20)18-10-5-2-6-11-18)23(27)21(15-26-24)28-16-17-8-3-1-4-9-17/h1-15,21H,16,25H2. The lowest BCUT2D eigenvalue weighted by atomic mass is 9.94. The first kappa shape index (κ1) is 17.9. The molecule has 0 amide bonds. The van der Waals surface area contributed by atoms with Crippen LogP contribution in [-0.4, -0.2) is 18.1 Å². The molecule has 0 spiro atoms. The zero-order valence-electron chi connectivity index (χ0n) is 15.3. The van der Waals surface area contributed by atoms with Gasteiger partial charge in [-0.2, -0.15) is 0 Å². The van der Waals surface area contributed by atoms with Crippen LogP contribution in [0.2, 0.25) is 0 Å². The lowest BCUT2D eigenvalue weighted by Gasteiger charge is -2.20. The lowest BCUT2D eigenvalue weighted by Crippen LogP contribution is -2.31. The molecule has 0 fully saturated rings.